The van der Waals surface area contributed by atoms with Crippen molar-refractivity contribution in [2.45, 2.75) is 12.2 Å². The van der Waals surface area contributed by atoms with Crippen LogP contribution in [0.2, 0.25) is 10.0 Å². The van der Waals surface area contributed by atoms with Crippen molar-refractivity contribution in [2.24, 2.45) is 0 Å². The number of amides is 1. The first kappa shape index (κ1) is 21.4. The average Bonchev–Trinajstić information content (AvgIpc) is 2.97. The molecule has 1 amide bonds. The Balaban J connectivity index is 1.53. The van der Waals surface area contributed by atoms with E-state index in [2.05, 4.69) is 10.3 Å². The number of aromatic nitrogens is 1. The second-order valence-electron chi connectivity index (χ2n) is 6.35. The van der Waals surface area contributed by atoms with Gasteiger partial charge >= 0.3 is 0 Å². The van der Waals surface area contributed by atoms with E-state index in [-0.39, 0.29) is 17.2 Å². The maximum absolute atomic E-state index is 12.4. The van der Waals surface area contributed by atoms with Crippen molar-refractivity contribution in [1.82, 2.24) is 10.3 Å². The molecule has 0 aliphatic rings. The summed E-state index contributed by atoms with van der Waals surface area (Å²) < 4.78 is 0. The predicted molar refractivity (Wildman–Crippen MR) is 118 cm³/mol. The molecule has 0 aliphatic heterocycles. The van der Waals surface area contributed by atoms with E-state index in [4.69, 9.17) is 23.2 Å². The van der Waals surface area contributed by atoms with Gasteiger partial charge in [0.1, 0.15) is 5.56 Å². The molecule has 0 spiro atoms. The molecule has 0 aliphatic carbocycles. The molecule has 1 heterocycles. The lowest BCUT2D eigenvalue weighted by atomic mass is 10.1. The second kappa shape index (κ2) is 9.96. The maximum atomic E-state index is 12.4. The van der Waals surface area contributed by atoms with Gasteiger partial charge in [0.25, 0.3) is 5.91 Å². The minimum absolute atomic E-state index is 0.143. The van der Waals surface area contributed by atoms with Crippen LogP contribution in [0.1, 0.15) is 27.2 Å². The van der Waals surface area contributed by atoms with E-state index in [1.165, 1.54) is 0 Å². The van der Waals surface area contributed by atoms with E-state index >= 15 is 0 Å². The Morgan fingerprint density at radius 1 is 1.03 bits per heavy atom. The number of benzene rings is 2. The summed E-state index contributed by atoms with van der Waals surface area (Å²) in [6, 6.07) is 14.8. The lowest BCUT2D eigenvalue weighted by molar-refractivity contribution is 0.0951. The van der Waals surface area contributed by atoms with Crippen molar-refractivity contribution in [2.75, 3.05) is 12.3 Å². The van der Waals surface area contributed by atoms with Gasteiger partial charge < -0.3 is 20.5 Å². The summed E-state index contributed by atoms with van der Waals surface area (Å²) in [5, 5.41) is 24.4. The summed E-state index contributed by atoms with van der Waals surface area (Å²) in [5.74, 6) is 0.125. The number of hydrogen-bond donors (Lipinski definition) is 4. The number of halogens is 2. The fourth-order valence-electron chi connectivity index (χ4n) is 2.84. The quantitative estimate of drug-likeness (QED) is 0.364. The van der Waals surface area contributed by atoms with Gasteiger partial charge in [-0.05, 0) is 23.3 Å². The smallest absolute Gasteiger partial charge is 0.260 e. The minimum Gasteiger partial charge on any atom is -0.505 e. The number of nitrogens with one attached hydrogen (secondary N) is 2. The largest absolute Gasteiger partial charge is 0.505 e. The van der Waals surface area contributed by atoms with Crippen LogP contribution in [0.5, 0.6) is 11.6 Å². The molecule has 152 valence electrons. The van der Waals surface area contributed by atoms with Gasteiger partial charge in [-0.2, -0.15) is 11.8 Å². The van der Waals surface area contributed by atoms with E-state index in [9.17, 15) is 15.0 Å². The SMILES string of the molecule is O=C(NCCSCc1c(Cl)cccc1Cl)c1c(O)[nH]c(Cc2ccccc2)c1O. The summed E-state index contributed by atoms with van der Waals surface area (Å²) in [6.07, 6.45) is 0.377. The van der Waals surface area contributed by atoms with Crippen molar-refractivity contribution in [3.63, 3.8) is 0 Å². The maximum Gasteiger partial charge on any atom is 0.260 e. The first-order chi connectivity index (χ1) is 14.0. The van der Waals surface area contributed by atoms with Crippen LogP contribution in [0.25, 0.3) is 0 Å². The fourth-order valence-corrected chi connectivity index (χ4v) is 4.44. The molecule has 0 saturated carbocycles. The number of hydrogen-bond acceptors (Lipinski definition) is 4. The topological polar surface area (TPSA) is 85.4 Å². The molecule has 0 fully saturated rings. The van der Waals surface area contributed by atoms with E-state index in [0.717, 1.165) is 11.1 Å². The molecule has 8 heteroatoms. The molecule has 4 N–H and O–H groups in total. The Bertz CT molecular complexity index is 973. The van der Waals surface area contributed by atoms with Crippen LogP contribution in [-0.4, -0.2) is 33.4 Å². The number of aromatic amines is 1. The Labute approximate surface area is 183 Å². The van der Waals surface area contributed by atoms with E-state index in [0.29, 0.717) is 40.2 Å². The highest BCUT2D eigenvalue weighted by Crippen LogP contribution is 2.32. The second-order valence-corrected chi connectivity index (χ2v) is 8.27. The molecule has 0 bridgehead atoms. The van der Waals surface area contributed by atoms with Crippen LogP contribution >= 0.6 is 35.0 Å². The summed E-state index contributed by atoms with van der Waals surface area (Å²) in [5.41, 5.74) is 2.06. The zero-order valence-electron chi connectivity index (χ0n) is 15.4. The van der Waals surface area contributed by atoms with Crippen molar-refractivity contribution in [1.29, 1.82) is 0 Å². The molecule has 3 rings (SSSR count). The van der Waals surface area contributed by atoms with Gasteiger partial charge in [-0.25, -0.2) is 0 Å². The van der Waals surface area contributed by atoms with E-state index in [1.807, 2.05) is 30.3 Å². The molecule has 2 aromatic carbocycles. The summed E-state index contributed by atoms with van der Waals surface area (Å²) in [4.78, 5) is 15.1. The Morgan fingerprint density at radius 3 is 2.41 bits per heavy atom. The molecular weight excluding hydrogens is 431 g/mol. The monoisotopic (exact) mass is 450 g/mol. The molecule has 0 unspecified atom stereocenters. The Morgan fingerprint density at radius 2 is 1.72 bits per heavy atom. The molecule has 29 heavy (non-hydrogen) atoms. The number of aromatic hydroxyl groups is 2. The van der Waals surface area contributed by atoms with Crippen LogP contribution < -0.4 is 5.32 Å². The van der Waals surface area contributed by atoms with Gasteiger partial charge in [-0.15, -0.1) is 0 Å². The molecule has 0 atom stereocenters. The van der Waals surface area contributed by atoms with Crippen molar-refractivity contribution in [3.8, 4) is 11.6 Å². The Hall–Kier alpha value is -2.28. The molecular formula is C21H20Cl2N2O3S. The van der Waals surface area contributed by atoms with Crippen molar-refractivity contribution < 1.29 is 15.0 Å². The minimum atomic E-state index is -0.535. The number of carbonyl (C=O) groups excluding carboxylic acids is 1. The van der Waals surface area contributed by atoms with E-state index < -0.39 is 5.91 Å². The normalized spacial score (nSPS) is 10.8. The average molecular weight is 451 g/mol. The zero-order valence-corrected chi connectivity index (χ0v) is 17.7. The van der Waals surface area contributed by atoms with Gasteiger partial charge in [-0.1, -0.05) is 59.6 Å². The third-order valence-electron chi connectivity index (χ3n) is 4.32. The fraction of sp³-hybridized carbons (Fsp3) is 0.190. The summed E-state index contributed by atoms with van der Waals surface area (Å²) in [6.45, 7) is 0.365. The van der Waals surface area contributed by atoms with Gasteiger partial charge in [0.15, 0.2) is 5.75 Å². The Kier molecular flexibility index (Phi) is 7.36. The van der Waals surface area contributed by atoms with Gasteiger partial charge in [0, 0.05) is 34.5 Å². The third-order valence-corrected chi connectivity index (χ3v) is 6.01. The van der Waals surface area contributed by atoms with Crippen LogP contribution in [0, 0.1) is 0 Å². The van der Waals surface area contributed by atoms with Gasteiger partial charge in [0.05, 0.1) is 5.69 Å². The van der Waals surface area contributed by atoms with Crippen LogP contribution in [0.3, 0.4) is 0 Å². The number of carbonyl (C=O) groups is 1. The molecule has 3 aromatic rings. The lowest BCUT2D eigenvalue weighted by Crippen LogP contribution is -2.25. The predicted octanol–water partition coefficient (Wildman–Crippen LogP) is 4.99. The van der Waals surface area contributed by atoms with Crippen LogP contribution in [0.4, 0.5) is 0 Å². The zero-order chi connectivity index (χ0) is 20.8. The van der Waals surface area contributed by atoms with Crippen LogP contribution in [0.15, 0.2) is 48.5 Å². The molecule has 0 saturated heterocycles. The van der Waals surface area contributed by atoms with Crippen LogP contribution in [-0.2, 0) is 12.2 Å². The number of rotatable bonds is 8. The molecule has 1 aromatic heterocycles. The number of thioether (sulfide) groups is 1. The number of H-pyrrole nitrogens is 1. The highest BCUT2D eigenvalue weighted by atomic mass is 35.5. The lowest BCUT2D eigenvalue weighted by Gasteiger charge is -2.08. The first-order valence-electron chi connectivity index (χ1n) is 8.93. The summed E-state index contributed by atoms with van der Waals surface area (Å²) >= 11 is 13.9. The molecule has 0 radical (unpaired) electrons. The highest BCUT2D eigenvalue weighted by Gasteiger charge is 2.22. The van der Waals surface area contributed by atoms with Crippen molar-refractivity contribution in [3.05, 3.63) is 81.0 Å². The standard InChI is InChI=1S/C21H20Cl2N2O3S/c22-15-7-4-8-16(23)14(15)12-29-10-9-24-20(27)18-19(26)17(25-21(18)28)11-13-5-2-1-3-6-13/h1-8,25-26,28H,9-12H2,(H,24,27). The van der Waals surface area contributed by atoms with E-state index in [1.54, 1.807) is 30.0 Å². The summed E-state index contributed by atoms with van der Waals surface area (Å²) in [7, 11) is 0. The van der Waals surface area contributed by atoms with Crippen molar-refractivity contribution >= 4 is 40.9 Å². The first-order valence-corrected chi connectivity index (χ1v) is 10.8. The third kappa shape index (κ3) is 5.41. The molecule has 5 nitrogen and oxygen atoms in total. The highest BCUT2D eigenvalue weighted by molar-refractivity contribution is 7.98. The van der Waals surface area contributed by atoms with Gasteiger partial charge in [0.2, 0.25) is 5.88 Å². The van der Waals surface area contributed by atoms with Gasteiger partial charge in [-0.3, -0.25) is 4.79 Å².